The third kappa shape index (κ3) is 5.74. The van der Waals surface area contributed by atoms with Gasteiger partial charge in [-0.3, -0.25) is 0 Å². The Kier molecular flexibility index (Phi) is 6.30. The molecule has 26 heavy (non-hydrogen) atoms. The van der Waals surface area contributed by atoms with Gasteiger partial charge in [0.15, 0.2) is 0 Å². The van der Waals surface area contributed by atoms with Crippen molar-refractivity contribution < 1.29 is 26.3 Å². The summed E-state index contributed by atoms with van der Waals surface area (Å²) in [6.45, 7) is 0.221. The third-order valence-corrected chi connectivity index (χ3v) is 5.22. The Morgan fingerprint density at radius 1 is 1.04 bits per heavy atom. The molecule has 0 N–H and O–H groups in total. The van der Waals surface area contributed by atoms with Crippen LogP contribution in [0.2, 0.25) is 0 Å². The third-order valence-electron chi connectivity index (χ3n) is 3.90. The molecule has 0 saturated carbocycles. The summed E-state index contributed by atoms with van der Waals surface area (Å²) in [6.07, 6.45) is -3.43. The molecule has 8 heteroatoms. The van der Waals surface area contributed by atoms with Crippen molar-refractivity contribution >= 4 is 10.0 Å². The minimum Gasteiger partial charge on any atom is -0.486 e. The maximum absolute atomic E-state index is 12.7. The van der Waals surface area contributed by atoms with Crippen LogP contribution < -0.4 is 4.74 Å². The molecule has 0 spiro atoms. The smallest absolute Gasteiger partial charge is 0.416 e. The largest absolute Gasteiger partial charge is 0.486 e. The van der Waals surface area contributed by atoms with Gasteiger partial charge in [-0.25, -0.2) is 12.7 Å². The molecule has 0 fully saturated rings. The minimum absolute atomic E-state index is 0.221. The lowest BCUT2D eigenvalue weighted by atomic mass is 10.1. The summed E-state index contributed by atoms with van der Waals surface area (Å²) in [5.41, 5.74) is 0.0622. The molecule has 0 aliphatic rings. The summed E-state index contributed by atoms with van der Waals surface area (Å²) in [7, 11) is -1.85. The predicted molar refractivity (Wildman–Crippen MR) is 93.3 cm³/mol. The molecule has 2 aromatic rings. The average molecular weight is 387 g/mol. The highest BCUT2D eigenvalue weighted by Crippen LogP contribution is 2.32. The van der Waals surface area contributed by atoms with Gasteiger partial charge in [0.2, 0.25) is 10.0 Å². The molecule has 0 heterocycles. The lowest BCUT2D eigenvalue weighted by Crippen LogP contribution is -2.28. The molecule has 1 atom stereocenters. The van der Waals surface area contributed by atoms with Crippen LogP contribution in [0.1, 0.15) is 23.7 Å². The van der Waals surface area contributed by atoms with Crippen LogP contribution in [0.4, 0.5) is 13.2 Å². The van der Waals surface area contributed by atoms with E-state index in [1.807, 2.05) is 30.3 Å². The number of rotatable bonds is 7. The van der Waals surface area contributed by atoms with E-state index in [9.17, 15) is 21.6 Å². The van der Waals surface area contributed by atoms with E-state index in [1.165, 1.54) is 23.5 Å². The van der Waals surface area contributed by atoms with Crippen LogP contribution in [-0.4, -0.2) is 32.6 Å². The molecule has 142 valence electrons. The van der Waals surface area contributed by atoms with Crippen LogP contribution in [0, 0.1) is 0 Å². The highest BCUT2D eigenvalue weighted by Gasteiger charge is 2.30. The van der Waals surface area contributed by atoms with E-state index in [2.05, 4.69) is 0 Å². The van der Waals surface area contributed by atoms with Crippen molar-refractivity contribution in [2.45, 2.75) is 18.7 Å². The number of benzene rings is 2. The summed E-state index contributed by atoms with van der Waals surface area (Å²) < 4.78 is 68.1. The van der Waals surface area contributed by atoms with Gasteiger partial charge in [-0.2, -0.15) is 13.2 Å². The van der Waals surface area contributed by atoms with Gasteiger partial charge in [0.25, 0.3) is 0 Å². The molecule has 2 aromatic carbocycles. The molecular weight excluding hydrogens is 367 g/mol. The number of nitrogens with zero attached hydrogens (tertiary/aromatic N) is 1. The molecular formula is C18H20F3NO3S. The van der Waals surface area contributed by atoms with Gasteiger partial charge in [-0.1, -0.05) is 30.3 Å². The molecule has 0 radical (unpaired) electrons. The standard InChI is InChI=1S/C18H20F3NO3S/c1-22(26(2,23)24)13-12-17(14-6-4-3-5-7-14)25-16-10-8-15(9-11-16)18(19,20)21/h3-11,17H,12-13H2,1-2H3. The Labute approximate surface area is 151 Å². The lowest BCUT2D eigenvalue weighted by Gasteiger charge is -2.22. The predicted octanol–water partition coefficient (Wildman–Crippen LogP) is 4.11. The van der Waals surface area contributed by atoms with E-state index < -0.39 is 27.9 Å². The number of hydrogen-bond donors (Lipinski definition) is 0. The normalized spacial score (nSPS) is 13.6. The summed E-state index contributed by atoms with van der Waals surface area (Å²) in [6, 6.07) is 13.6. The van der Waals surface area contributed by atoms with Gasteiger partial charge >= 0.3 is 6.18 Å². The number of alkyl halides is 3. The fourth-order valence-electron chi connectivity index (χ4n) is 2.31. The number of ether oxygens (including phenoxy) is 1. The van der Waals surface area contributed by atoms with Crippen LogP contribution in [0.15, 0.2) is 54.6 Å². The monoisotopic (exact) mass is 387 g/mol. The van der Waals surface area contributed by atoms with Crippen molar-refractivity contribution in [3.63, 3.8) is 0 Å². The molecule has 1 unspecified atom stereocenters. The van der Waals surface area contributed by atoms with Crippen molar-refractivity contribution in [1.82, 2.24) is 4.31 Å². The van der Waals surface area contributed by atoms with Crippen molar-refractivity contribution in [3.8, 4) is 5.75 Å². The van der Waals surface area contributed by atoms with Gasteiger partial charge in [0.05, 0.1) is 11.8 Å². The molecule has 0 saturated heterocycles. The zero-order chi connectivity index (χ0) is 19.4. The van der Waals surface area contributed by atoms with Crippen molar-refractivity contribution in [3.05, 3.63) is 65.7 Å². The van der Waals surface area contributed by atoms with Crippen LogP contribution >= 0.6 is 0 Å². The number of sulfonamides is 1. The molecule has 0 amide bonds. The minimum atomic E-state index is -4.41. The SMILES string of the molecule is CN(CCC(Oc1ccc(C(F)(F)F)cc1)c1ccccc1)S(C)(=O)=O. The van der Waals surface area contributed by atoms with E-state index >= 15 is 0 Å². The number of halogens is 3. The van der Waals surface area contributed by atoms with Gasteiger partial charge in [0.1, 0.15) is 11.9 Å². The topological polar surface area (TPSA) is 46.6 Å². The lowest BCUT2D eigenvalue weighted by molar-refractivity contribution is -0.137. The first-order valence-electron chi connectivity index (χ1n) is 7.87. The van der Waals surface area contributed by atoms with Crippen LogP contribution in [-0.2, 0) is 16.2 Å². The highest BCUT2D eigenvalue weighted by atomic mass is 32.2. The van der Waals surface area contributed by atoms with Crippen molar-refractivity contribution in [2.75, 3.05) is 19.8 Å². The van der Waals surface area contributed by atoms with E-state index in [-0.39, 0.29) is 12.3 Å². The zero-order valence-electron chi connectivity index (χ0n) is 14.4. The second-order valence-electron chi connectivity index (χ2n) is 5.91. The average Bonchev–Trinajstić information content (AvgIpc) is 2.58. The fourth-order valence-corrected chi connectivity index (χ4v) is 2.75. The zero-order valence-corrected chi connectivity index (χ0v) is 15.2. The molecule has 0 aliphatic heterocycles. The van der Waals surface area contributed by atoms with Crippen LogP contribution in [0.5, 0.6) is 5.75 Å². The number of hydrogen-bond acceptors (Lipinski definition) is 3. The van der Waals surface area contributed by atoms with E-state index in [4.69, 9.17) is 4.74 Å². The Balaban J connectivity index is 2.17. The Morgan fingerprint density at radius 3 is 2.12 bits per heavy atom. The second kappa shape index (κ2) is 8.09. The quantitative estimate of drug-likeness (QED) is 0.718. The summed E-state index contributed by atoms with van der Waals surface area (Å²) in [4.78, 5) is 0. The van der Waals surface area contributed by atoms with Crippen molar-refractivity contribution in [1.29, 1.82) is 0 Å². The molecule has 0 bridgehead atoms. The Morgan fingerprint density at radius 2 is 1.62 bits per heavy atom. The second-order valence-corrected chi connectivity index (χ2v) is 8.00. The van der Waals surface area contributed by atoms with E-state index in [0.717, 1.165) is 24.0 Å². The summed E-state index contributed by atoms with van der Waals surface area (Å²) in [5.74, 6) is 0.286. The van der Waals surface area contributed by atoms with E-state index in [0.29, 0.717) is 6.42 Å². The van der Waals surface area contributed by atoms with Gasteiger partial charge in [-0.15, -0.1) is 0 Å². The molecule has 4 nitrogen and oxygen atoms in total. The maximum Gasteiger partial charge on any atom is 0.416 e. The van der Waals surface area contributed by atoms with E-state index in [1.54, 1.807) is 0 Å². The molecule has 0 aliphatic carbocycles. The fraction of sp³-hybridized carbons (Fsp3) is 0.333. The van der Waals surface area contributed by atoms with Gasteiger partial charge in [-0.05, 0) is 29.8 Å². The van der Waals surface area contributed by atoms with Gasteiger partial charge in [0, 0.05) is 20.0 Å². The highest BCUT2D eigenvalue weighted by molar-refractivity contribution is 7.88. The van der Waals surface area contributed by atoms with Gasteiger partial charge < -0.3 is 4.74 Å². The first-order valence-corrected chi connectivity index (χ1v) is 9.72. The first-order chi connectivity index (χ1) is 12.1. The van der Waals surface area contributed by atoms with Crippen LogP contribution in [0.25, 0.3) is 0 Å². The Hall–Kier alpha value is -2.06. The Bertz CT molecular complexity index is 806. The summed E-state index contributed by atoms with van der Waals surface area (Å²) in [5, 5.41) is 0. The first kappa shape index (κ1) is 20.3. The maximum atomic E-state index is 12.7. The van der Waals surface area contributed by atoms with Crippen molar-refractivity contribution in [2.24, 2.45) is 0 Å². The van der Waals surface area contributed by atoms with Crippen LogP contribution in [0.3, 0.4) is 0 Å². The summed E-state index contributed by atoms with van der Waals surface area (Å²) >= 11 is 0. The molecule has 0 aromatic heterocycles. The molecule has 2 rings (SSSR count).